The number of imidazole rings is 1. The van der Waals surface area contributed by atoms with Gasteiger partial charge in [-0.1, -0.05) is 50.2 Å². The molecule has 1 aromatic heterocycles. The molecule has 3 aromatic rings. The van der Waals surface area contributed by atoms with Crippen molar-refractivity contribution in [1.29, 1.82) is 0 Å². The molecule has 0 N–H and O–H groups in total. The lowest BCUT2D eigenvalue weighted by molar-refractivity contribution is 0.0972. The van der Waals surface area contributed by atoms with Crippen molar-refractivity contribution in [3.63, 3.8) is 0 Å². The number of aromatic nitrogens is 2. The summed E-state index contributed by atoms with van der Waals surface area (Å²) >= 11 is 0. The SMILES string of the molecule is CC1(C)c2ccccc2-c2ccc(C(=O)Cn3ccnc3)cc21.Cl. The molecule has 0 atom stereocenters. The van der Waals surface area contributed by atoms with Crippen LogP contribution in [-0.4, -0.2) is 15.3 Å². The van der Waals surface area contributed by atoms with Crippen molar-refractivity contribution in [3.05, 3.63) is 77.9 Å². The second kappa shape index (κ2) is 5.91. The summed E-state index contributed by atoms with van der Waals surface area (Å²) in [5, 5.41) is 0. The monoisotopic (exact) mass is 338 g/mol. The van der Waals surface area contributed by atoms with E-state index in [2.05, 4.69) is 55.2 Å². The van der Waals surface area contributed by atoms with Crippen LogP contribution in [0.4, 0.5) is 0 Å². The lowest BCUT2D eigenvalue weighted by atomic mass is 9.82. The van der Waals surface area contributed by atoms with Crippen LogP contribution < -0.4 is 0 Å². The molecule has 1 heterocycles. The van der Waals surface area contributed by atoms with Gasteiger partial charge in [-0.2, -0.15) is 0 Å². The van der Waals surface area contributed by atoms with Gasteiger partial charge in [0.15, 0.2) is 5.78 Å². The summed E-state index contributed by atoms with van der Waals surface area (Å²) in [5.41, 5.74) is 5.77. The number of benzene rings is 2. The number of halogens is 1. The molecule has 0 amide bonds. The molecule has 0 spiro atoms. The maximum absolute atomic E-state index is 12.5. The molecule has 0 fully saturated rings. The van der Waals surface area contributed by atoms with E-state index >= 15 is 0 Å². The first-order valence-electron chi connectivity index (χ1n) is 7.81. The summed E-state index contributed by atoms with van der Waals surface area (Å²) in [6.07, 6.45) is 5.17. The molecule has 122 valence electrons. The number of carbonyl (C=O) groups excluding carboxylic acids is 1. The third-order valence-electron chi connectivity index (χ3n) is 4.79. The van der Waals surface area contributed by atoms with Gasteiger partial charge in [0.1, 0.15) is 0 Å². The van der Waals surface area contributed by atoms with Crippen LogP contribution in [0.2, 0.25) is 0 Å². The average Bonchev–Trinajstić information content (AvgIpc) is 3.14. The topological polar surface area (TPSA) is 34.9 Å². The van der Waals surface area contributed by atoms with E-state index in [9.17, 15) is 4.79 Å². The van der Waals surface area contributed by atoms with Crippen LogP contribution in [0.1, 0.15) is 35.3 Å². The molecular weight excluding hydrogens is 320 g/mol. The summed E-state index contributed by atoms with van der Waals surface area (Å²) in [6, 6.07) is 14.6. The Morgan fingerprint density at radius 3 is 2.58 bits per heavy atom. The number of fused-ring (bicyclic) bond motifs is 3. The number of hydrogen-bond donors (Lipinski definition) is 0. The van der Waals surface area contributed by atoms with Crippen LogP contribution in [0, 0.1) is 0 Å². The number of carbonyl (C=O) groups is 1. The summed E-state index contributed by atoms with van der Waals surface area (Å²) in [7, 11) is 0. The smallest absolute Gasteiger partial charge is 0.182 e. The third kappa shape index (κ3) is 2.45. The fraction of sp³-hybridized carbons (Fsp3) is 0.200. The van der Waals surface area contributed by atoms with E-state index in [4.69, 9.17) is 0 Å². The van der Waals surface area contributed by atoms with Crippen LogP contribution in [0.15, 0.2) is 61.2 Å². The van der Waals surface area contributed by atoms with Crippen molar-refractivity contribution < 1.29 is 4.79 Å². The highest BCUT2D eigenvalue weighted by Crippen LogP contribution is 2.48. The van der Waals surface area contributed by atoms with Gasteiger partial charge in [0.25, 0.3) is 0 Å². The molecule has 1 aliphatic rings. The standard InChI is InChI=1S/C20H18N2O.ClH/c1-20(2)17-6-4-3-5-15(17)16-8-7-14(11-18(16)20)19(23)12-22-10-9-21-13-22;/h3-11,13H,12H2,1-2H3;1H. The number of hydrogen-bond acceptors (Lipinski definition) is 2. The van der Waals surface area contributed by atoms with Crippen molar-refractivity contribution in [3.8, 4) is 11.1 Å². The highest BCUT2D eigenvalue weighted by molar-refractivity contribution is 5.97. The summed E-state index contributed by atoms with van der Waals surface area (Å²) in [5.74, 6) is 0.109. The lowest BCUT2D eigenvalue weighted by Gasteiger charge is -2.21. The van der Waals surface area contributed by atoms with Gasteiger partial charge in [-0.25, -0.2) is 4.98 Å². The molecule has 4 rings (SSSR count). The summed E-state index contributed by atoms with van der Waals surface area (Å²) in [6.45, 7) is 4.77. The van der Waals surface area contributed by atoms with Crippen molar-refractivity contribution in [2.45, 2.75) is 25.8 Å². The largest absolute Gasteiger partial charge is 0.330 e. The first kappa shape index (κ1) is 16.5. The predicted octanol–water partition coefficient (Wildman–Crippen LogP) is 4.49. The van der Waals surface area contributed by atoms with Crippen LogP contribution in [-0.2, 0) is 12.0 Å². The van der Waals surface area contributed by atoms with Gasteiger partial charge < -0.3 is 4.57 Å². The van der Waals surface area contributed by atoms with E-state index in [-0.39, 0.29) is 23.6 Å². The minimum absolute atomic E-state index is 0. The van der Waals surface area contributed by atoms with Gasteiger partial charge >= 0.3 is 0 Å². The molecule has 0 aliphatic heterocycles. The fourth-order valence-electron chi connectivity index (χ4n) is 3.52. The second-order valence-electron chi connectivity index (χ2n) is 6.59. The molecule has 0 unspecified atom stereocenters. The number of nitrogens with zero attached hydrogens (tertiary/aromatic N) is 2. The molecule has 24 heavy (non-hydrogen) atoms. The van der Waals surface area contributed by atoms with Gasteiger partial charge in [-0.3, -0.25) is 4.79 Å². The van der Waals surface area contributed by atoms with Crippen molar-refractivity contribution in [2.75, 3.05) is 0 Å². The molecule has 4 heteroatoms. The van der Waals surface area contributed by atoms with E-state index in [1.54, 1.807) is 17.1 Å². The van der Waals surface area contributed by atoms with E-state index in [1.807, 2.05) is 12.3 Å². The second-order valence-corrected chi connectivity index (χ2v) is 6.59. The zero-order valence-corrected chi connectivity index (χ0v) is 14.5. The Labute approximate surface area is 147 Å². The van der Waals surface area contributed by atoms with Gasteiger partial charge in [0.05, 0.1) is 12.9 Å². The Kier molecular flexibility index (Phi) is 4.06. The van der Waals surface area contributed by atoms with Gasteiger partial charge in [0.2, 0.25) is 0 Å². The number of rotatable bonds is 3. The maximum atomic E-state index is 12.5. The van der Waals surface area contributed by atoms with Gasteiger partial charge in [0, 0.05) is 23.4 Å². The Balaban J connectivity index is 0.00000169. The van der Waals surface area contributed by atoms with Crippen molar-refractivity contribution >= 4 is 18.2 Å². The molecule has 3 nitrogen and oxygen atoms in total. The van der Waals surface area contributed by atoms with Crippen LogP contribution in [0.5, 0.6) is 0 Å². The normalized spacial score (nSPS) is 13.8. The fourth-order valence-corrected chi connectivity index (χ4v) is 3.52. The molecule has 0 radical (unpaired) electrons. The van der Waals surface area contributed by atoms with Crippen LogP contribution in [0.3, 0.4) is 0 Å². The third-order valence-corrected chi connectivity index (χ3v) is 4.79. The summed E-state index contributed by atoms with van der Waals surface area (Å²) in [4.78, 5) is 16.5. The van der Waals surface area contributed by atoms with E-state index in [0.717, 1.165) is 5.56 Å². The minimum atomic E-state index is -0.0722. The van der Waals surface area contributed by atoms with Gasteiger partial charge in [-0.15, -0.1) is 12.4 Å². The van der Waals surface area contributed by atoms with Crippen LogP contribution >= 0.6 is 12.4 Å². The Morgan fingerprint density at radius 2 is 1.83 bits per heavy atom. The minimum Gasteiger partial charge on any atom is -0.330 e. The molecular formula is C20H19ClN2O. The van der Waals surface area contributed by atoms with Crippen molar-refractivity contribution in [1.82, 2.24) is 9.55 Å². The summed E-state index contributed by atoms with van der Waals surface area (Å²) < 4.78 is 1.80. The van der Waals surface area contributed by atoms with E-state index in [0.29, 0.717) is 6.54 Å². The lowest BCUT2D eigenvalue weighted by Crippen LogP contribution is -2.16. The first-order chi connectivity index (χ1) is 11.1. The molecule has 2 aromatic carbocycles. The number of ketones is 1. The molecule has 0 saturated carbocycles. The molecule has 0 saturated heterocycles. The predicted molar refractivity (Wildman–Crippen MR) is 97.8 cm³/mol. The first-order valence-corrected chi connectivity index (χ1v) is 7.81. The quantitative estimate of drug-likeness (QED) is 0.659. The highest BCUT2D eigenvalue weighted by Gasteiger charge is 2.35. The Hall–Kier alpha value is -2.39. The van der Waals surface area contributed by atoms with Gasteiger partial charge in [-0.05, 0) is 28.3 Å². The van der Waals surface area contributed by atoms with Crippen molar-refractivity contribution in [2.24, 2.45) is 0 Å². The zero-order valence-electron chi connectivity index (χ0n) is 13.7. The van der Waals surface area contributed by atoms with E-state index < -0.39 is 0 Å². The Morgan fingerprint density at radius 1 is 1.08 bits per heavy atom. The highest BCUT2D eigenvalue weighted by atomic mass is 35.5. The molecule has 0 bridgehead atoms. The van der Waals surface area contributed by atoms with Crippen LogP contribution in [0.25, 0.3) is 11.1 Å². The number of Topliss-reactive ketones (excluding diaryl/α,β-unsaturated/α-hetero) is 1. The molecule has 1 aliphatic carbocycles. The average molecular weight is 339 g/mol. The Bertz CT molecular complexity index is 898. The van der Waals surface area contributed by atoms with E-state index in [1.165, 1.54) is 22.3 Å². The maximum Gasteiger partial charge on any atom is 0.182 e. The zero-order chi connectivity index (χ0) is 16.0.